The molecule has 4 rings (SSSR count). The summed E-state index contributed by atoms with van der Waals surface area (Å²) in [5.74, 6) is 0.572. The quantitative estimate of drug-likeness (QED) is 0.506. The fraction of sp³-hybridized carbons (Fsp3) is 0.190. The van der Waals surface area contributed by atoms with Gasteiger partial charge in [-0.1, -0.05) is 18.2 Å². The number of aliphatic hydroxyl groups excluding tert-OH is 1. The first kappa shape index (κ1) is 20.6. The van der Waals surface area contributed by atoms with E-state index < -0.39 is 23.5 Å². The number of aromatic amines is 1. The van der Waals surface area contributed by atoms with E-state index >= 15 is 0 Å². The Hall–Kier alpha value is -3.66. The molecule has 7 nitrogen and oxygen atoms in total. The number of aromatic nitrogens is 4. The van der Waals surface area contributed by atoms with E-state index in [1.54, 1.807) is 24.3 Å². The van der Waals surface area contributed by atoms with Crippen molar-refractivity contribution in [1.82, 2.24) is 19.7 Å². The van der Waals surface area contributed by atoms with Crippen LogP contribution in [-0.2, 0) is 6.18 Å². The smallest absolute Gasteiger partial charge is 0.433 e. The SMILES string of the molecule is COc1cccc(C(CO)n2cnc3cc(-c4cn[nH]c4C(F)(F)F)ccc3c2=O)c1. The van der Waals surface area contributed by atoms with E-state index in [2.05, 4.69) is 10.1 Å². The van der Waals surface area contributed by atoms with Gasteiger partial charge in [0.25, 0.3) is 5.56 Å². The lowest BCUT2D eigenvalue weighted by Crippen LogP contribution is -2.28. The van der Waals surface area contributed by atoms with Gasteiger partial charge in [0, 0.05) is 5.56 Å². The number of hydrogen-bond acceptors (Lipinski definition) is 5. The molecule has 0 spiro atoms. The lowest BCUT2D eigenvalue weighted by Gasteiger charge is -2.18. The molecular weight excluding hydrogens is 413 g/mol. The van der Waals surface area contributed by atoms with Crippen molar-refractivity contribution in [2.24, 2.45) is 0 Å². The van der Waals surface area contributed by atoms with Crippen molar-refractivity contribution in [3.8, 4) is 16.9 Å². The Bertz CT molecular complexity index is 1300. The van der Waals surface area contributed by atoms with Crippen LogP contribution >= 0.6 is 0 Å². The molecule has 4 aromatic rings. The first-order chi connectivity index (χ1) is 14.8. The third-order valence-corrected chi connectivity index (χ3v) is 5.00. The average Bonchev–Trinajstić information content (AvgIpc) is 3.26. The molecule has 0 aliphatic carbocycles. The predicted octanol–water partition coefficient (Wildman–Crippen LogP) is 3.40. The largest absolute Gasteiger partial charge is 0.497 e. The number of fused-ring (bicyclic) bond motifs is 1. The molecule has 0 radical (unpaired) electrons. The molecule has 2 N–H and O–H groups in total. The molecule has 160 valence electrons. The second-order valence-corrected chi connectivity index (χ2v) is 6.82. The van der Waals surface area contributed by atoms with Crippen LogP contribution in [0.2, 0.25) is 0 Å². The zero-order valence-corrected chi connectivity index (χ0v) is 16.2. The van der Waals surface area contributed by atoms with Crippen LogP contribution in [0.1, 0.15) is 17.3 Å². The lowest BCUT2D eigenvalue weighted by atomic mass is 10.0. The number of alkyl halides is 3. The van der Waals surface area contributed by atoms with Gasteiger partial charge >= 0.3 is 6.18 Å². The van der Waals surface area contributed by atoms with Gasteiger partial charge in [-0.3, -0.25) is 14.5 Å². The molecule has 31 heavy (non-hydrogen) atoms. The van der Waals surface area contributed by atoms with Gasteiger partial charge in [0.2, 0.25) is 0 Å². The topological polar surface area (TPSA) is 93.0 Å². The van der Waals surface area contributed by atoms with Gasteiger partial charge < -0.3 is 9.84 Å². The Kier molecular flexibility index (Phi) is 5.24. The Labute approximate surface area is 173 Å². The molecule has 1 unspecified atom stereocenters. The summed E-state index contributed by atoms with van der Waals surface area (Å²) in [6.45, 7) is -0.359. The zero-order valence-electron chi connectivity index (χ0n) is 16.2. The molecule has 1 atom stereocenters. The van der Waals surface area contributed by atoms with Crippen LogP contribution in [-0.4, -0.2) is 38.6 Å². The van der Waals surface area contributed by atoms with E-state index in [1.165, 1.54) is 36.2 Å². The second-order valence-electron chi connectivity index (χ2n) is 6.82. The number of rotatable bonds is 5. The van der Waals surface area contributed by atoms with Crippen LogP contribution in [0.5, 0.6) is 5.75 Å². The first-order valence-electron chi connectivity index (χ1n) is 9.20. The maximum atomic E-state index is 13.2. The van der Waals surface area contributed by atoms with E-state index in [0.29, 0.717) is 11.3 Å². The van der Waals surface area contributed by atoms with Crippen molar-refractivity contribution in [2.45, 2.75) is 12.2 Å². The van der Waals surface area contributed by atoms with Crippen molar-refractivity contribution < 1.29 is 23.0 Å². The highest BCUT2D eigenvalue weighted by Gasteiger charge is 2.36. The third-order valence-electron chi connectivity index (χ3n) is 5.00. The van der Waals surface area contributed by atoms with Crippen molar-refractivity contribution in [2.75, 3.05) is 13.7 Å². The summed E-state index contributed by atoms with van der Waals surface area (Å²) in [7, 11) is 1.51. The monoisotopic (exact) mass is 430 g/mol. The molecule has 0 bridgehead atoms. The van der Waals surface area contributed by atoms with Crippen LogP contribution in [0.15, 0.2) is 59.8 Å². The number of halogens is 3. The number of nitrogens with one attached hydrogen (secondary N) is 1. The fourth-order valence-corrected chi connectivity index (χ4v) is 3.45. The maximum absolute atomic E-state index is 13.2. The standard InChI is InChI=1S/C21H17F3N4O3/c1-31-14-4-2-3-13(7-14)18(10-29)28-11-25-17-8-12(5-6-15(17)20(28)30)16-9-26-27-19(16)21(22,23)24/h2-9,11,18,29H,10H2,1H3,(H,26,27). The highest BCUT2D eigenvalue weighted by atomic mass is 19.4. The molecule has 2 aromatic heterocycles. The molecule has 2 heterocycles. The summed E-state index contributed by atoms with van der Waals surface area (Å²) in [5, 5.41) is 15.6. The average molecular weight is 430 g/mol. The summed E-state index contributed by atoms with van der Waals surface area (Å²) in [5.41, 5.74) is -0.430. The summed E-state index contributed by atoms with van der Waals surface area (Å²) >= 11 is 0. The summed E-state index contributed by atoms with van der Waals surface area (Å²) < 4.78 is 46.0. The van der Waals surface area contributed by atoms with Crippen molar-refractivity contribution in [3.63, 3.8) is 0 Å². The van der Waals surface area contributed by atoms with Crippen LogP contribution in [0.4, 0.5) is 13.2 Å². The Morgan fingerprint density at radius 1 is 1.23 bits per heavy atom. The maximum Gasteiger partial charge on any atom is 0.433 e. The molecule has 0 saturated carbocycles. The Morgan fingerprint density at radius 3 is 2.74 bits per heavy atom. The Balaban J connectivity index is 1.79. The number of nitrogens with zero attached hydrogens (tertiary/aromatic N) is 3. The van der Waals surface area contributed by atoms with E-state index in [4.69, 9.17) is 4.74 Å². The van der Waals surface area contributed by atoms with Gasteiger partial charge in [-0.2, -0.15) is 18.3 Å². The second kappa shape index (κ2) is 7.88. The summed E-state index contributed by atoms with van der Waals surface area (Å²) in [6.07, 6.45) is -2.24. The molecule has 0 aliphatic rings. The minimum Gasteiger partial charge on any atom is -0.497 e. The van der Waals surface area contributed by atoms with Gasteiger partial charge in [0.1, 0.15) is 11.4 Å². The number of ether oxygens (including phenoxy) is 1. The fourth-order valence-electron chi connectivity index (χ4n) is 3.45. The Morgan fingerprint density at radius 2 is 2.03 bits per heavy atom. The number of methoxy groups -OCH3 is 1. The van der Waals surface area contributed by atoms with Gasteiger partial charge in [-0.25, -0.2) is 4.98 Å². The summed E-state index contributed by atoms with van der Waals surface area (Å²) in [6, 6.07) is 10.5. The third kappa shape index (κ3) is 3.77. The van der Waals surface area contributed by atoms with Crippen molar-refractivity contribution in [3.05, 3.63) is 76.6 Å². The lowest BCUT2D eigenvalue weighted by molar-refractivity contribution is -0.140. The molecule has 10 heteroatoms. The molecular formula is C21H17F3N4O3. The van der Waals surface area contributed by atoms with E-state index in [-0.39, 0.29) is 28.6 Å². The normalized spacial score (nSPS) is 12.8. The first-order valence-corrected chi connectivity index (χ1v) is 9.20. The van der Waals surface area contributed by atoms with Crippen molar-refractivity contribution >= 4 is 10.9 Å². The van der Waals surface area contributed by atoms with Gasteiger partial charge in [-0.05, 0) is 35.4 Å². The van der Waals surface area contributed by atoms with E-state index in [0.717, 1.165) is 6.20 Å². The van der Waals surface area contributed by atoms with Crippen LogP contribution in [0.3, 0.4) is 0 Å². The van der Waals surface area contributed by atoms with Crippen LogP contribution < -0.4 is 10.3 Å². The minimum atomic E-state index is -4.59. The molecule has 2 aromatic carbocycles. The zero-order chi connectivity index (χ0) is 22.2. The van der Waals surface area contributed by atoms with Gasteiger partial charge in [-0.15, -0.1) is 0 Å². The highest BCUT2D eigenvalue weighted by molar-refractivity contribution is 5.84. The number of hydrogen-bond donors (Lipinski definition) is 2. The molecule has 0 fully saturated rings. The molecule has 0 amide bonds. The van der Waals surface area contributed by atoms with Crippen LogP contribution in [0.25, 0.3) is 22.0 Å². The van der Waals surface area contributed by atoms with E-state index in [9.17, 15) is 23.1 Å². The number of aliphatic hydroxyl groups is 1. The minimum absolute atomic E-state index is 0.134. The summed E-state index contributed by atoms with van der Waals surface area (Å²) in [4.78, 5) is 17.3. The number of H-pyrrole nitrogens is 1. The predicted molar refractivity (Wildman–Crippen MR) is 107 cm³/mol. The van der Waals surface area contributed by atoms with Gasteiger partial charge in [0.15, 0.2) is 0 Å². The number of benzene rings is 2. The van der Waals surface area contributed by atoms with Gasteiger partial charge in [0.05, 0.1) is 43.2 Å². The molecule has 0 saturated heterocycles. The van der Waals surface area contributed by atoms with Crippen molar-refractivity contribution in [1.29, 1.82) is 0 Å². The van der Waals surface area contributed by atoms with Crippen LogP contribution in [0, 0.1) is 0 Å². The molecule has 0 aliphatic heterocycles. The van der Waals surface area contributed by atoms with E-state index in [1.807, 2.05) is 5.10 Å². The highest BCUT2D eigenvalue weighted by Crippen LogP contribution is 2.35.